The number of ether oxygens (including phenoxy) is 1. The summed E-state index contributed by atoms with van der Waals surface area (Å²) in [6.45, 7) is 5.65. The molecule has 4 nitrogen and oxygen atoms in total. The van der Waals surface area contributed by atoms with Crippen molar-refractivity contribution in [3.8, 4) is 5.75 Å². The van der Waals surface area contributed by atoms with E-state index < -0.39 is 0 Å². The number of amides is 1. The molecular formula is C30H43NO3. The third-order valence-electron chi connectivity index (χ3n) is 6.18. The number of carbonyl (C=O) groups is 2. The van der Waals surface area contributed by atoms with Gasteiger partial charge in [0.2, 0.25) is 5.91 Å². The first-order valence-electron chi connectivity index (χ1n) is 13.2. The summed E-state index contributed by atoms with van der Waals surface area (Å²) >= 11 is 0. The van der Waals surface area contributed by atoms with E-state index in [0.29, 0.717) is 25.3 Å². The molecule has 0 bridgehead atoms. The molecule has 2 rings (SSSR count). The van der Waals surface area contributed by atoms with Crippen LogP contribution in [-0.4, -0.2) is 23.7 Å². The van der Waals surface area contributed by atoms with Crippen LogP contribution in [0.25, 0.3) is 0 Å². The van der Waals surface area contributed by atoms with E-state index in [9.17, 15) is 9.59 Å². The lowest BCUT2D eigenvalue weighted by atomic mass is 10.0. The van der Waals surface area contributed by atoms with E-state index in [1.165, 1.54) is 49.7 Å². The van der Waals surface area contributed by atoms with Gasteiger partial charge in [-0.3, -0.25) is 9.59 Å². The quantitative estimate of drug-likeness (QED) is 0.172. The Labute approximate surface area is 206 Å². The molecule has 0 saturated heterocycles. The Bertz CT molecular complexity index is 814. The monoisotopic (exact) mass is 465 g/mol. The van der Waals surface area contributed by atoms with Gasteiger partial charge in [0.25, 0.3) is 0 Å². The summed E-state index contributed by atoms with van der Waals surface area (Å²) in [5, 5.41) is 0. The molecular weight excluding hydrogens is 422 g/mol. The van der Waals surface area contributed by atoms with E-state index >= 15 is 0 Å². The SMILES string of the molecule is CCCCCCCCc1ccc(CN(Cc2ccc(OCC=O)cc2)C(=O)CCCCC)cc1. The number of carbonyl (C=O) groups excluding carboxylic acids is 2. The molecule has 0 fully saturated rings. The molecule has 186 valence electrons. The molecule has 1 amide bonds. The molecule has 0 atom stereocenters. The second kappa shape index (κ2) is 16.9. The molecule has 0 spiro atoms. The molecule has 34 heavy (non-hydrogen) atoms. The maximum atomic E-state index is 13.0. The Morgan fingerprint density at radius 1 is 0.735 bits per heavy atom. The lowest BCUT2D eigenvalue weighted by molar-refractivity contribution is -0.132. The number of unbranched alkanes of at least 4 members (excludes halogenated alkanes) is 7. The number of aldehydes is 1. The standard InChI is InChI=1S/C30H43NO3/c1-3-5-7-8-9-11-12-26-14-16-27(17-15-26)24-31(30(33)13-10-6-4-2)25-28-18-20-29(21-19-28)34-23-22-32/h14-22H,3-13,23-25H2,1-2H3. The average Bonchev–Trinajstić information content (AvgIpc) is 2.86. The van der Waals surface area contributed by atoms with Crippen LogP contribution in [0.4, 0.5) is 0 Å². The first kappa shape index (κ1) is 27.6. The van der Waals surface area contributed by atoms with Crippen LogP contribution in [0.15, 0.2) is 48.5 Å². The van der Waals surface area contributed by atoms with Crippen molar-refractivity contribution in [3.05, 3.63) is 65.2 Å². The zero-order chi connectivity index (χ0) is 24.4. The van der Waals surface area contributed by atoms with Gasteiger partial charge in [-0.2, -0.15) is 0 Å². The highest BCUT2D eigenvalue weighted by molar-refractivity contribution is 5.76. The van der Waals surface area contributed by atoms with Gasteiger partial charge in [0.05, 0.1) is 0 Å². The zero-order valence-electron chi connectivity index (χ0n) is 21.3. The van der Waals surface area contributed by atoms with Gasteiger partial charge in [0.1, 0.15) is 12.4 Å². The summed E-state index contributed by atoms with van der Waals surface area (Å²) in [6, 6.07) is 16.4. The van der Waals surface area contributed by atoms with E-state index in [4.69, 9.17) is 4.74 Å². The van der Waals surface area contributed by atoms with E-state index in [1.54, 1.807) is 0 Å². The Morgan fingerprint density at radius 2 is 1.26 bits per heavy atom. The third kappa shape index (κ3) is 11.0. The minimum absolute atomic E-state index is 0.0518. The van der Waals surface area contributed by atoms with Crippen LogP contribution in [0.2, 0.25) is 0 Å². The first-order chi connectivity index (χ1) is 16.7. The van der Waals surface area contributed by atoms with Gasteiger partial charge >= 0.3 is 0 Å². The van der Waals surface area contributed by atoms with Crippen molar-refractivity contribution >= 4 is 12.2 Å². The Hall–Kier alpha value is -2.62. The maximum absolute atomic E-state index is 13.0. The molecule has 0 saturated carbocycles. The molecule has 0 aliphatic rings. The number of aryl methyl sites for hydroxylation is 1. The van der Waals surface area contributed by atoms with Crippen molar-refractivity contribution in [2.24, 2.45) is 0 Å². The second-order valence-electron chi connectivity index (χ2n) is 9.16. The minimum atomic E-state index is 0.0518. The van der Waals surface area contributed by atoms with Crippen LogP contribution in [0.3, 0.4) is 0 Å². The number of rotatable bonds is 18. The Balaban J connectivity index is 1.95. The predicted octanol–water partition coefficient (Wildman–Crippen LogP) is 7.28. The Morgan fingerprint density at radius 3 is 1.88 bits per heavy atom. The van der Waals surface area contributed by atoms with Crippen molar-refractivity contribution in [2.45, 2.75) is 97.6 Å². The fourth-order valence-corrected chi connectivity index (χ4v) is 4.10. The number of hydrogen-bond acceptors (Lipinski definition) is 3. The first-order valence-corrected chi connectivity index (χ1v) is 13.2. The maximum Gasteiger partial charge on any atom is 0.223 e. The summed E-state index contributed by atoms with van der Waals surface area (Å²) in [5.74, 6) is 0.864. The van der Waals surface area contributed by atoms with Gasteiger partial charge in [-0.15, -0.1) is 0 Å². The minimum Gasteiger partial charge on any atom is -0.486 e. The van der Waals surface area contributed by atoms with Crippen molar-refractivity contribution in [1.82, 2.24) is 4.90 Å². The topological polar surface area (TPSA) is 46.6 Å². The number of hydrogen-bond donors (Lipinski definition) is 0. The van der Waals surface area contributed by atoms with E-state index in [1.807, 2.05) is 29.2 Å². The normalized spacial score (nSPS) is 10.8. The highest BCUT2D eigenvalue weighted by atomic mass is 16.5. The zero-order valence-corrected chi connectivity index (χ0v) is 21.3. The van der Waals surface area contributed by atoms with Crippen LogP contribution < -0.4 is 4.74 Å². The summed E-state index contributed by atoms with van der Waals surface area (Å²) in [5.41, 5.74) is 3.61. The Kier molecular flexibility index (Phi) is 13.7. The summed E-state index contributed by atoms with van der Waals surface area (Å²) in [7, 11) is 0. The summed E-state index contributed by atoms with van der Waals surface area (Å²) < 4.78 is 5.34. The second-order valence-corrected chi connectivity index (χ2v) is 9.16. The lowest BCUT2D eigenvalue weighted by Gasteiger charge is -2.23. The summed E-state index contributed by atoms with van der Waals surface area (Å²) in [4.78, 5) is 25.5. The van der Waals surface area contributed by atoms with Crippen LogP contribution >= 0.6 is 0 Å². The van der Waals surface area contributed by atoms with Crippen molar-refractivity contribution in [1.29, 1.82) is 0 Å². The van der Waals surface area contributed by atoms with Gasteiger partial charge in [-0.1, -0.05) is 95.2 Å². The average molecular weight is 466 g/mol. The van der Waals surface area contributed by atoms with Gasteiger partial charge in [0, 0.05) is 19.5 Å². The molecule has 2 aromatic carbocycles. The van der Waals surface area contributed by atoms with Crippen molar-refractivity contribution < 1.29 is 14.3 Å². The van der Waals surface area contributed by atoms with E-state index in [2.05, 4.69) is 38.1 Å². The summed E-state index contributed by atoms with van der Waals surface area (Å²) in [6.07, 6.45) is 13.5. The fraction of sp³-hybridized carbons (Fsp3) is 0.533. The smallest absolute Gasteiger partial charge is 0.223 e. The van der Waals surface area contributed by atoms with Gasteiger partial charge < -0.3 is 9.64 Å². The molecule has 0 heterocycles. The highest BCUT2D eigenvalue weighted by Gasteiger charge is 2.15. The van der Waals surface area contributed by atoms with Crippen molar-refractivity contribution in [3.63, 3.8) is 0 Å². The van der Waals surface area contributed by atoms with Crippen LogP contribution in [-0.2, 0) is 29.1 Å². The van der Waals surface area contributed by atoms with Crippen molar-refractivity contribution in [2.75, 3.05) is 6.61 Å². The molecule has 0 N–H and O–H groups in total. The lowest BCUT2D eigenvalue weighted by Crippen LogP contribution is -2.29. The molecule has 0 aliphatic heterocycles. The van der Waals surface area contributed by atoms with Gasteiger partial charge in [-0.05, 0) is 48.1 Å². The third-order valence-corrected chi connectivity index (χ3v) is 6.18. The molecule has 0 unspecified atom stereocenters. The van der Waals surface area contributed by atoms with Crippen LogP contribution in [0.5, 0.6) is 5.75 Å². The molecule has 0 aliphatic carbocycles. The van der Waals surface area contributed by atoms with Gasteiger partial charge in [0.15, 0.2) is 6.29 Å². The molecule has 4 heteroatoms. The van der Waals surface area contributed by atoms with E-state index in [-0.39, 0.29) is 12.5 Å². The number of nitrogens with zero attached hydrogens (tertiary/aromatic N) is 1. The molecule has 0 radical (unpaired) electrons. The fourth-order valence-electron chi connectivity index (χ4n) is 4.10. The number of benzene rings is 2. The predicted molar refractivity (Wildman–Crippen MR) is 140 cm³/mol. The van der Waals surface area contributed by atoms with Crippen LogP contribution in [0, 0.1) is 0 Å². The van der Waals surface area contributed by atoms with E-state index in [0.717, 1.165) is 37.5 Å². The van der Waals surface area contributed by atoms with Gasteiger partial charge in [-0.25, -0.2) is 0 Å². The largest absolute Gasteiger partial charge is 0.486 e. The molecule has 2 aromatic rings. The van der Waals surface area contributed by atoms with Crippen LogP contribution in [0.1, 0.15) is 94.7 Å². The highest BCUT2D eigenvalue weighted by Crippen LogP contribution is 2.18. The molecule has 0 aromatic heterocycles.